The minimum atomic E-state index is -0.204. The van der Waals surface area contributed by atoms with Gasteiger partial charge in [-0.15, -0.1) is 0 Å². The fraction of sp³-hybridized carbons (Fsp3) is 0.615. The van der Waals surface area contributed by atoms with Crippen LogP contribution in [-0.4, -0.2) is 42.2 Å². The zero-order valence-corrected chi connectivity index (χ0v) is 11.6. The average molecular weight is 266 g/mol. The number of ether oxygens (including phenoxy) is 1. The predicted octanol–water partition coefficient (Wildman–Crippen LogP) is 1.45. The fourth-order valence-electron chi connectivity index (χ4n) is 1.42. The summed E-state index contributed by atoms with van der Waals surface area (Å²) in [6.07, 6.45) is 4.87. The lowest BCUT2D eigenvalue weighted by atomic mass is 10.4. The van der Waals surface area contributed by atoms with Crippen LogP contribution in [0.4, 0.5) is 5.82 Å². The monoisotopic (exact) mass is 266 g/mol. The lowest BCUT2D eigenvalue weighted by molar-refractivity contribution is 0.0939. The summed E-state index contributed by atoms with van der Waals surface area (Å²) >= 11 is 0. The molecule has 0 saturated heterocycles. The summed E-state index contributed by atoms with van der Waals surface area (Å²) in [5, 5.41) is 5.89. The molecule has 1 heterocycles. The van der Waals surface area contributed by atoms with Crippen molar-refractivity contribution in [2.45, 2.75) is 26.7 Å². The Morgan fingerprint density at radius 2 is 2.16 bits per heavy atom. The molecule has 2 N–H and O–H groups in total. The van der Waals surface area contributed by atoms with Gasteiger partial charge in [0, 0.05) is 26.3 Å². The first-order chi connectivity index (χ1) is 9.27. The molecule has 1 aromatic heterocycles. The topological polar surface area (TPSA) is 76.1 Å². The molecule has 0 spiro atoms. The Balaban J connectivity index is 2.38. The Morgan fingerprint density at radius 3 is 2.89 bits per heavy atom. The lowest BCUT2D eigenvalue weighted by Crippen LogP contribution is -2.26. The van der Waals surface area contributed by atoms with Gasteiger partial charge in [0.15, 0.2) is 0 Å². The van der Waals surface area contributed by atoms with Crippen molar-refractivity contribution in [3.8, 4) is 0 Å². The third-order valence-corrected chi connectivity index (χ3v) is 2.38. The van der Waals surface area contributed by atoms with E-state index in [2.05, 4.69) is 27.5 Å². The standard InChI is InChI=1S/C13H22N4O2/c1-3-6-15-12-10-14-9-11(17-12)13(18)16-7-5-8-19-4-2/h9-10H,3-8H2,1-2H3,(H,15,17)(H,16,18). The molecule has 0 atom stereocenters. The molecule has 1 amide bonds. The van der Waals surface area contributed by atoms with E-state index in [1.165, 1.54) is 6.20 Å². The minimum Gasteiger partial charge on any atom is -0.382 e. The molecule has 0 radical (unpaired) electrons. The summed E-state index contributed by atoms with van der Waals surface area (Å²) in [5.41, 5.74) is 0.331. The second-order valence-corrected chi connectivity index (χ2v) is 4.02. The van der Waals surface area contributed by atoms with Gasteiger partial charge >= 0.3 is 0 Å². The van der Waals surface area contributed by atoms with Gasteiger partial charge in [-0.2, -0.15) is 0 Å². The molecule has 6 heteroatoms. The first kappa shape index (κ1) is 15.4. The Hall–Kier alpha value is -1.69. The minimum absolute atomic E-state index is 0.204. The lowest BCUT2D eigenvalue weighted by Gasteiger charge is -2.07. The number of hydrogen-bond acceptors (Lipinski definition) is 5. The van der Waals surface area contributed by atoms with Crippen LogP contribution in [0.5, 0.6) is 0 Å². The first-order valence-electron chi connectivity index (χ1n) is 6.69. The van der Waals surface area contributed by atoms with Crippen LogP contribution in [0.1, 0.15) is 37.2 Å². The smallest absolute Gasteiger partial charge is 0.271 e. The zero-order chi connectivity index (χ0) is 13.9. The van der Waals surface area contributed by atoms with Gasteiger partial charge in [0.25, 0.3) is 5.91 Å². The molecule has 0 fully saturated rings. The molecule has 0 saturated carbocycles. The number of nitrogens with zero attached hydrogens (tertiary/aromatic N) is 2. The number of carbonyl (C=O) groups excluding carboxylic acids is 1. The SMILES string of the molecule is CCCNc1cncc(C(=O)NCCCOCC)n1. The second kappa shape index (κ2) is 9.27. The highest BCUT2D eigenvalue weighted by Crippen LogP contribution is 2.02. The van der Waals surface area contributed by atoms with Gasteiger partial charge in [-0.3, -0.25) is 9.78 Å². The number of aromatic nitrogens is 2. The number of carbonyl (C=O) groups is 1. The molecule has 0 aliphatic carbocycles. The zero-order valence-electron chi connectivity index (χ0n) is 11.6. The number of anilines is 1. The van der Waals surface area contributed by atoms with Gasteiger partial charge in [0.2, 0.25) is 0 Å². The summed E-state index contributed by atoms with van der Waals surface area (Å²) in [7, 11) is 0. The molecule has 1 rings (SSSR count). The second-order valence-electron chi connectivity index (χ2n) is 4.02. The quantitative estimate of drug-likeness (QED) is 0.662. The molecule has 0 aromatic carbocycles. The first-order valence-corrected chi connectivity index (χ1v) is 6.69. The number of nitrogens with one attached hydrogen (secondary N) is 2. The fourth-order valence-corrected chi connectivity index (χ4v) is 1.42. The van der Waals surface area contributed by atoms with E-state index in [1.54, 1.807) is 6.20 Å². The van der Waals surface area contributed by atoms with E-state index in [0.717, 1.165) is 19.4 Å². The summed E-state index contributed by atoms with van der Waals surface area (Å²) < 4.78 is 5.20. The van der Waals surface area contributed by atoms with Crippen LogP contribution in [0.2, 0.25) is 0 Å². The van der Waals surface area contributed by atoms with Crippen LogP contribution < -0.4 is 10.6 Å². The Labute approximate surface area is 114 Å². The van der Waals surface area contributed by atoms with Crippen molar-refractivity contribution < 1.29 is 9.53 Å². The van der Waals surface area contributed by atoms with Crippen molar-refractivity contribution in [1.82, 2.24) is 15.3 Å². The van der Waals surface area contributed by atoms with Crippen LogP contribution in [0, 0.1) is 0 Å². The highest BCUT2D eigenvalue weighted by molar-refractivity contribution is 5.92. The molecule has 0 bridgehead atoms. The molecule has 0 aliphatic heterocycles. The Bertz CT molecular complexity index is 385. The van der Waals surface area contributed by atoms with E-state index in [0.29, 0.717) is 31.3 Å². The highest BCUT2D eigenvalue weighted by Gasteiger charge is 2.07. The molecule has 0 aliphatic rings. The highest BCUT2D eigenvalue weighted by atomic mass is 16.5. The average Bonchev–Trinajstić information content (AvgIpc) is 2.45. The maximum absolute atomic E-state index is 11.8. The normalized spacial score (nSPS) is 10.2. The van der Waals surface area contributed by atoms with E-state index in [4.69, 9.17) is 4.74 Å². The molecule has 0 unspecified atom stereocenters. The third-order valence-electron chi connectivity index (χ3n) is 2.38. The third kappa shape index (κ3) is 6.15. The molecular formula is C13H22N4O2. The van der Waals surface area contributed by atoms with E-state index in [9.17, 15) is 4.79 Å². The molecule has 1 aromatic rings. The van der Waals surface area contributed by atoms with Crippen molar-refractivity contribution in [2.75, 3.05) is 31.6 Å². The van der Waals surface area contributed by atoms with Gasteiger partial charge in [-0.05, 0) is 19.8 Å². The van der Waals surface area contributed by atoms with Crippen molar-refractivity contribution in [1.29, 1.82) is 0 Å². The van der Waals surface area contributed by atoms with Crippen molar-refractivity contribution in [3.63, 3.8) is 0 Å². The van der Waals surface area contributed by atoms with Gasteiger partial charge in [-0.25, -0.2) is 4.98 Å². The van der Waals surface area contributed by atoms with Crippen LogP contribution in [0.3, 0.4) is 0 Å². The number of rotatable bonds is 9. The predicted molar refractivity (Wildman–Crippen MR) is 74.3 cm³/mol. The van der Waals surface area contributed by atoms with Crippen molar-refractivity contribution in [2.24, 2.45) is 0 Å². The van der Waals surface area contributed by atoms with E-state index in [1.807, 2.05) is 6.92 Å². The van der Waals surface area contributed by atoms with E-state index < -0.39 is 0 Å². The summed E-state index contributed by atoms with van der Waals surface area (Å²) in [4.78, 5) is 20.0. The molecule has 106 valence electrons. The van der Waals surface area contributed by atoms with Crippen LogP contribution >= 0.6 is 0 Å². The summed E-state index contributed by atoms with van der Waals surface area (Å²) in [6, 6.07) is 0. The molecular weight excluding hydrogens is 244 g/mol. The molecule has 6 nitrogen and oxygen atoms in total. The van der Waals surface area contributed by atoms with Gasteiger partial charge in [0.05, 0.1) is 12.4 Å². The van der Waals surface area contributed by atoms with Gasteiger partial charge < -0.3 is 15.4 Å². The van der Waals surface area contributed by atoms with Crippen molar-refractivity contribution >= 4 is 11.7 Å². The van der Waals surface area contributed by atoms with E-state index >= 15 is 0 Å². The maximum atomic E-state index is 11.8. The van der Waals surface area contributed by atoms with E-state index in [-0.39, 0.29) is 5.91 Å². The van der Waals surface area contributed by atoms with Crippen molar-refractivity contribution in [3.05, 3.63) is 18.1 Å². The number of hydrogen-bond donors (Lipinski definition) is 2. The van der Waals surface area contributed by atoms with Gasteiger partial charge in [0.1, 0.15) is 11.5 Å². The molecule has 19 heavy (non-hydrogen) atoms. The summed E-state index contributed by atoms with van der Waals surface area (Å²) in [6.45, 7) is 6.75. The van der Waals surface area contributed by atoms with Crippen LogP contribution in [0.15, 0.2) is 12.4 Å². The maximum Gasteiger partial charge on any atom is 0.271 e. The number of amides is 1. The Kier molecular flexibility index (Phi) is 7.50. The van der Waals surface area contributed by atoms with Gasteiger partial charge in [-0.1, -0.05) is 6.92 Å². The van der Waals surface area contributed by atoms with Crippen LogP contribution in [-0.2, 0) is 4.74 Å². The van der Waals surface area contributed by atoms with Crippen LogP contribution in [0.25, 0.3) is 0 Å². The Morgan fingerprint density at radius 1 is 1.32 bits per heavy atom. The largest absolute Gasteiger partial charge is 0.382 e. The summed E-state index contributed by atoms with van der Waals surface area (Å²) in [5.74, 6) is 0.424.